The van der Waals surface area contributed by atoms with Gasteiger partial charge in [-0.25, -0.2) is 18.6 Å². The minimum Gasteiger partial charge on any atom is -0.391 e. The summed E-state index contributed by atoms with van der Waals surface area (Å²) in [5.41, 5.74) is 4.31. The van der Waals surface area contributed by atoms with E-state index in [-0.39, 0.29) is 6.42 Å². The SMILES string of the molecule is Cc1cc(NC(=O)NC2c3cc(F)c(F)cc3C(C)(C)CC2O)c(-c2ccccc2)nc1-c1ccn(C)n1. The number of rotatable bonds is 4. The number of nitrogens with zero attached hydrogens (tertiary/aromatic N) is 3. The zero-order chi connectivity index (χ0) is 27.2. The molecule has 2 heterocycles. The van der Waals surface area contributed by atoms with E-state index in [0.717, 1.165) is 23.3 Å². The predicted molar refractivity (Wildman–Crippen MR) is 142 cm³/mol. The minimum atomic E-state index is -1.03. The topological polar surface area (TPSA) is 92.1 Å². The van der Waals surface area contributed by atoms with Crippen molar-refractivity contribution in [2.24, 2.45) is 7.05 Å². The first-order chi connectivity index (χ1) is 18.0. The Morgan fingerprint density at radius 1 is 1.08 bits per heavy atom. The van der Waals surface area contributed by atoms with E-state index in [1.807, 2.05) is 76.5 Å². The van der Waals surface area contributed by atoms with Gasteiger partial charge >= 0.3 is 6.03 Å². The molecule has 2 atom stereocenters. The van der Waals surface area contributed by atoms with Crippen molar-refractivity contribution in [1.29, 1.82) is 0 Å². The Labute approximate surface area is 219 Å². The highest BCUT2D eigenvalue weighted by Crippen LogP contribution is 2.42. The van der Waals surface area contributed by atoms with E-state index in [9.17, 15) is 18.7 Å². The molecule has 0 spiro atoms. The van der Waals surface area contributed by atoms with E-state index in [2.05, 4.69) is 15.7 Å². The normalized spacial score (nSPS) is 18.1. The average Bonchev–Trinajstić information content (AvgIpc) is 3.29. The second kappa shape index (κ2) is 9.64. The molecule has 0 fully saturated rings. The number of hydrogen-bond donors (Lipinski definition) is 3. The van der Waals surface area contributed by atoms with Gasteiger partial charge < -0.3 is 15.7 Å². The fourth-order valence-corrected chi connectivity index (χ4v) is 5.16. The second-order valence-electron chi connectivity index (χ2n) is 10.4. The number of nitrogens with one attached hydrogen (secondary N) is 2. The number of pyridine rings is 1. The maximum absolute atomic E-state index is 14.2. The molecular weight excluding hydrogens is 488 g/mol. The van der Waals surface area contributed by atoms with Crippen molar-refractivity contribution >= 4 is 11.7 Å². The lowest BCUT2D eigenvalue weighted by atomic mass is 9.69. The molecule has 38 heavy (non-hydrogen) atoms. The molecule has 4 aromatic rings. The zero-order valence-electron chi connectivity index (χ0n) is 21.6. The molecule has 5 rings (SSSR count). The molecule has 2 amide bonds. The van der Waals surface area contributed by atoms with Crippen molar-refractivity contribution in [2.75, 3.05) is 5.32 Å². The van der Waals surface area contributed by atoms with Crippen LogP contribution in [0.4, 0.5) is 19.3 Å². The smallest absolute Gasteiger partial charge is 0.319 e. The monoisotopic (exact) mass is 517 g/mol. The number of aliphatic hydroxyl groups excluding tert-OH is 1. The van der Waals surface area contributed by atoms with Gasteiger partial charge in [0.25, 0.3) is 0 Å². The molecule has 0 saturated carbocycles. The number of anilines is 1. The van der Waals surface area contributed by atoms with Crippen molar-refractivity contribution in [3.8, 4) is 22.6 Å². The first-order valence-corrected chi connectivity index (χ1v) is 12.4. The summed E-state index contributed by atoms with van der Waals surface area (Å²) in [5.74, 6) is -1.99. The first kappa shape index (κ1) is 25.5. The minimum absolute atomic E-state index is 0.269. The summed E-state index contributed by atoms with van der Waals surface area (Å²) < 4.78 is 30.0. The fourth-order valence-electron chi connectivity index (χ4n) is 5.16. The molecule has 1 aliphatic carbocycles. The average molecular weight is 518 g/mol. The van der Waals surface area contributed by atoms with Crippen LogP contribution in [0.5, 0.6) is 0 Å². The molecule has 9 heteroatoms. The van der Waals surface area contributed by atoms with E-state index in [1.54, 1.807) is 4.68 Å². The molecule has 2 unspecified atom stereocenters. The molecule has 2 aromatic heterocycles. The molecule has 1 aliphatic rings. The fraction of sp³-hybridized carbons (Fsp3) is 0.276. The van der Waals surface area contributed by atoms with Crippen LogP contribution in [0.15, 0.2) is 60.8 Å². The molecule has 7 nitrogen and oxygen atoms in total. The van der Waals surface area contributed by atoms with Crippen LogP contribution in [-0.4, -0.2) is 32.0 Å². The molecule has 0 bridgehead atoms. The number of aliphatic hydroxyl groups is 1. The van der Waals surface area contributed by atoms with Crippen molar-refractivity contribution in [1.82, 2.24) is 20.1 Å². The van der Waals surface area contributed by atoms with Gasteiger partial charge in [0.2, 0.25) is 0 Å². The molecule has 0 aliphatic heterocycles. The van der Waals surface area contributed by atoms with Crippen LogP contribution in [0.1, 0.15) is 43.0 Å². The van der Waals surface area contributed by atoms with Gasteiger partial charge in [-0.15, -0.1) is 0 Å². The maximum atomic E-state index is 14.2. The molecular formula is C29H29F2N5O2. The number of carbonyl (C=O) groups excluding carboxylic acids is 1. The van der Waals surface area contributed by atoms with Crippen molar-refractivity contribution in [3.63, 3.8) is 0 Å². The van der Waals surface area contributed by atoms with Crippen molar-refractivity contribution in [2.45, 2.75) is 44.8 Å². The Kier molecular flexibility index (Phi) is 6.48. The summed E-state index contributed by atoms with van der Waals surface area (Å²) in [6.45, 7) is 5.59. The van der Waals surface area contributed by atoms with E-state index in [1.165, 1.54) is 0 Å². The van der Waals surface area contributed by atoms with Crippen molar-refractivity contribution < 1.29 is 18.7 Å². The van der Waals surface area contributed by atoms with Gasteiger partial charge in [-0.05, 0) is 59.7 Å². The standard InChI is InChI=1S/C29H29F2N5O2/c1-16-12-23(26(17-8-6-5-7-9-17)33-25(16)22-10-11-36(4)35-22)32-28(38)34-27-18-13-20(30)21(31)14-19(18)29(2,3)15-24(27)37/h5-14,24,27,37H,15H2,1-4H3,(H2,32,34,38). The Morgan fingerprint density at radius 2 is 1.79 bits per heavy atom. The van der Waals surface area contributed by atoms with Gasteiger partial charge in [-0.2, -0.15) is 5.10 Å². The third kappa shape index (κ3) is 4.77. The number of fused-ring (bicyclic) bond motifs is 1. The van der Waals surface area contributed by atoms with Crippen molar-refractivity contribution in [3.05, 3.63) is 89.1 Å². The third-order valence-electron chi connectivity index (χ3n) is 7.01. The summed E-state index contributed by atoms with van der Waals surface area (Å²) in [7, 11) is 1.83. The van der Waals surface area contributed by atoms with Crippen LogP contribution in [0.3, 0.4) is 0 Å². The van der Waals surface area contributed by atoms with Gasteiger partial charge in [0.15, 0.2) is 11.6 Å². The number of benzene rings is 2. The highest BCUT2D eigenvalue weighted by atomic mass is 19.2. The van der Waals surface area contributed by atoms with Gasteiger partial charge in [0, 0.05) is 18.8 Å². The Hall–Kier alpha value is -4.11. The van der Waals surface area contributed by atoms with Gasteiger partial charge in [-0.1, -0.05) is 44.2 Å². The molecule has 0 radical (unpaired) electrons. The summed E-state index contributed by atoms with van der Waals surface area (Å²) in [6, 6.07) is 13.8. The highest BCUT2D eigenvalue weighted by molar-refractivity contribution is 5.94. The first-order valence-electron chi connectivity index (χ1n) is 12.4. The number of halogens is 2. The van der Waals surface area contributed by atoms with Crippen LogP contribution < -0.4 is 10.6 Å². The number of amides is 2. The second-order valence-corrected chi connectivity index (χ2v) is 10.4. The summed E-state index contributed by atoms with van der Waals surface area (Å²) in [5, 5.41) is 21.0. The lowest BCUT2D eigenvalue weighted by molar-refractivity contribution is 0.0878. The van der Waals surface area contributed by atoms with E-state index >= 15 is 0 Å². The van der Waals surface area contributed by atoms with E-state index in [4.69, 9.17) is 4.98 Å². The van der Waals surface area contributed by atoms with Gasteiger partial charge in [0.1, 0.15) is 5.69 Å². The molecule has 196 valence electrons. The number of hydrogen-bond acceptors (Lipinski definition) is 4. The number of aromatic nitrogens is 3. The molecule has 2 aromatic carbocycles. The lowest BCUT2D eigenvalue weighted by Crippen LogP contribution is -2.45. The zero-order valence-corrected chi connectivity index (χ0v) is 21.6. The Morgan fingerprint density at radius 3 is 2.47 bits per heavy atom. The van der Waals surface area contributed by atoms with Crippen LogP contribution >= 0.6 is 0 Å². The summed E-state index contributed by atoms with van der Waals surface area (Å²) in [6.07, 6.45) is 1.11. The van der Waals surface area contributed by atoms with Gasteiger partial charge in [-0.3, -0.25) is 4.68 Å². The van der Waals surface area contributed by atoms with E-state index < -0.39 is 35.2 Å². The number of urea groups is 1. The summed E-state index contributed by atoms with van der Waals surface area (Å²) >= 11 is 0. The van der Waals surface area contributed by atoms with Crippen LogP contribution in [0.2, 0.25) is 0 Å². The predicted octanol–water partition coefficient (Wildman–Crippen LogP) is 5.64. The molecule has 3 N–H and O–H groups in total. The Balaban J connectivity index is 1.49. The number of carbonyl (C=O) groups is 1. The maximum Gasteiger partial charge on any atom is 0.319 e. The molecule has 0 saturated heterocycles. The van der Waals surface area contributed by atoms with Crippen LogP contribution in [0.25, 0.3) is 22.6 Å². The highest BCUT2D eigenvalue weighted by Gasteiger charge is 2.40. The van der Waals surface area contributed by atoms with Crippen LogP contribution in [0, 0.1) is 18.6 Å². The lowest BCUT2D eigenvalue weighted by Gasteiger charge is -2.40. The number of aryl methyl sites for hydroxylation is 2. The largest absolute Gasteiger partial charge is 0.391 e. The quantitative estimate of drug-likeness (QED) is 0.327. The third-order valence-corrected chi connectivity index (χ3v) is 7.01. The van der Waals surface area contributed by atoms with Gasteiger partial charge in [0.05, 0.1) is 29.2 Å². The van der Waals surface area contributed by atoms with E-state index in [0.29, 0.717) is 33.9 Å². The Bertz CT molecular complexity index is 1520. The van der Waals surface area contributed by atoms with Crippen LogP contribution in [-0.2, 0) is 12.5 Å². The summed E-state index contributed by atoms with van der Waals surface area (Å²) in [4.78, 5) is 18.1.